The number of hydrogen-bond donors (Lipinski definition) is 0. The molecule has 55 heavy (non-hydrogen) atoms. The molecule has 0 saturated heterocycles. The van der Waals surface area contributed by atoms with E-state index in [-0.39, 0.29) is 25.5 Å². The predicted octanol–water partition coefficient (Wildman–Crippen LogP) is 13.1. The summed E-state index contributed by atoms with van der Waals surface area (Å²) in [6.45, 7) is 11.3. The summed E-state index contributed by atoms with van der Waals surface area (Å²) in [6.07, 6.45) is 3.71. The summed E-state index contributed by atoms with van der Waals surface area (Å²) >= 11 is 0. The molecular formula is C50H44IrN2OSi-2. The third-order valence-electron chi connectivity index (χ3n) is 10.1. The summed E-state index contributed by atoms with van der Waals surface area (Å²) in [7, 11) is -1.44. The van der Waals surface area contributed by atoms with Crippen LogP contribution in [0.5, 0.6) is 0 Å². The predicted molar refractivity (Wildman–Crippen MR) is 231 cm³/mol. The van der Waals surface area contributed by atoms with Gasteiger partial charge in [-0.25, -0.2) is 0 Å². The normalized spacial score (nSPS) is 12.8. The number of benzene rings is 6. The van der Waals surface area contributed by atoms with Crippen molar-refractivity contribution in [3.05, 3.63) is 163 Å². The van der Waals surface area contributed by atoms with Gasteiger partial charge >= 0.3 is 0 Å². The Morgan fingerprint density at radius 2 is 1.42 bits per heavy atom. The van der Waals surface area contributed by atoms with Gasteiger partial charge in [0.15, 0.2) is 0 Å². The smallest absolute Gasteiger partial charge is 0.121 e. The molecule has 3 heterocycles. The molecule has 0 N–H and O–H groups in total. The third-order valence-corrected chi connectivity index (χ3v) is 12.2. The maximum absolute atomic E-state index is 7.85. The van der Waals surface area contributed by atoms with Gasteiger partial charge in [-0.1, -0.05) is 148 Å². The van der Waals surface area contributed by atoms with Crippen LogP contribution in [0.2, 0.25) is 19.6 Å². The Morgan fingerprint density at radius 1 is 0.673 bits per heavy atom. The zero-order valence-electron chi connectivity index (χ0n) is 34.9. The number of nitrogens with zero attached hydrogens (tertiary/aromatic N) is 2. The Kier molecular flexibility index (Phi) is 9.45. The Morgan fingerprint density at radius 3 is 2.20 bits per heavy atom. The quantitative estimate of drug-likeness (QED) is 0.100. The first-order chi connectivity index (χ1) is 27.1. The average molecular weight is 912 g/mol. The van der Waals surface area contributed by atoms with E-state index in [1.165, 1.54) is 32.3 Å². The van der Waals surface area contributed by atoms with Crippen molar-refractivity contribution >= 4 is 56.7 Å². The van der Waals surface area contributed by atoms with E-state index >= 15 is 0 Å². The minimum Gasteiger partial charge on any atom is -0.501 e. The molecule has 9 aromatic rings. The van der Waals surface area contributed by atoms with Crippen molar-refractivity contribution in [2.24, 2.45) is 0 Å². The van der Waals surface area contributed by atoms with E-state index in [1.54, 1.807) is 12.3 Å². The first-order valence-electron chi connectivity index (χ1n) is 19.9. The van der Waals surface area contributed by atoms with Crippen molar-refractivity contribution in [2.45, 2.75) is 52.7 Å². The fourth-order valence-electron chi connectivity index (χ4n) is 7.01. The van der Waals surface area contributed by atoms with Crippen LogP contribution in [0.1, 0.15) is 36.0 Å². The second kappa shape index (κ2) is 15.1. The number of aryl methyl sites for hydroxylation is 1. The van der Waals surface area contributed by atoms with Crippen LogP contribution < -0.4 is 5.19 Å². The summed E-state index contributed by atoms with van der Waals surface area (Å²) in [5.41, 5.74) is 8.29. The molecule has 0 atom stereocenters. The minimum atomic E-state index is -2.19. The maximum Gasteiger partial charge on any atom is 0.121 e. The van der Waals surface area contributed by atoms with Gasteiger partial charge in [0, 0.05) is 42.0 Å². The van der Waals surface area contributed by atoms with Gasteiger partial charge in [0.25, 0.3) is 0 Å². The molecule has 0 spiro atoms. The van der Waals surface area contributed by atoms with Gasteiger partial charge in [-0.3, -0.25) is 0 Å². The first-order valence-corrected chi connectivity index (χ1v) is 21.9. The second-order valence-corrected chi connectivity index (χ2v) is 21.0. The summed E-state index contributed by atoms with van der Waals surface area (Å²) in [5, 5.41) is 8.56. The molecule has 0 bridgehead atoms. The second-order valence-electron chi connectivity index (χ2n) is 16.0. The van der Waals surface area contributed by atoms with Crippen LogP contribution in [-0.2, 0) is 25.5 Å². The van der Waals surface area contributed by atoms with E-state index in [0.717, 1.165) is 50.0 Å². The molecule has 0 aliphatic carbocycles. The Bertz CT molecular complexity index is 2930. The van der Waals surface area contributed by atoms with Crippen LogP contribution in [0.3, 0.4) is 0 Å². The number of aromatic nitrogens is 2. The standard InChI is InChI=1S/C28H22NOSi.C22H22N.Ir/c1-31(2,3)20-13-14-29-26(16-20)23-10-6-9-22-25-15-19-12-11-18-7-4-5-8-21(18)24(19)17-27(25)30-28(22)23;1-16-10-11-18(14-20(16)17-8-6-5-7-9-17)21-15-19(12-13-23-21)22(2,3)4;/h4-9,11-17H,1-3H3;5-10,12-15H,1-4H3;/q2*-1;/i;1D3;. The topological polar surface area (TPSA) is 38.9 Å². The van der Waals surface area contributed by atoms with Gasteiger partial charge in [-0.2, -0.15) is 0 Å². The SMILES string of the molecule is C[Si](C)(C)c1ccnc(-c2[c-]ccc3c2oc2cc4c(ccc5ccccc54)cc23)c1.[2H]C([2H])([2H])c1c[c-]c(-c2cc(C(C)(C)C)ccn2)cc1-c1ccccc1.[Ir]. The number of pyridine rings is 2. The van der Waals surface area contributed by atoms with Crippen molar-refractivity contribution in [1.29, 1.82) is 0 Å². The maximum atomic E-state index is 7.85. The minimum absolute atomic E-state index is 0. The van der Waals surface area contributed by atoms with Crippen molar-refractivity contribution in [2.75, 3.05) is 0 Å². The zero-order chi connectivity index (χ0) is 40.1. The van der Waals surface area contributed by atoms with Gasteiger partial charge in [0.1, 0.15) is 5.58 Å². The van der Waals surface area contributed by atoms with E-state index in [0.29, 0.717) is 11.1 Å². The number of hydrogen-bond acceptors (Lipinski definition) is 3. The van der Waals surface area contributed by atoms with Crippen molar-refractivity contribution in [3.8, 4) is 33.6 Å². The Labute approximate surface area is 343 Å². The molecule has 9 rings (SSSR count). The average Bonchev–Trinajstić information content (AvgIpc) is 3.57. The van der Waals surface area contributed by atoms with Crippen LogP contribution in [-0.4, -0.2) is 18.0 Å². The molecule has 3 nitrogen and oxygen atoms in total. The van der Waals surface area contributed by atoms with Crippen molar-refractivity contribution in [3.63, 3.8) is 0 Å². The molecule has 275 valence electrons. The van der Waals surface area contributed by atoms with Crippen molar-refractivity contribution in [1.82, 2.24) is 9.97 Å². The van der Waals surface area contributed by atoms with Crippen LogP contribution >= 0.6 is 0 Å². The van der Waals surface area contributed by atoms with Crippen LogP contribution in [0, 0.1) is 19.0 Å². The van der Waals surface area contributed by atoms with Gasteiger partial charge < -0.3 is 14.4 Å². The number of fused-ring (bicyclic) bond motifs is 6. The van der Waals surface area contributed by atoms with Crippen LogP contribution in [0.4, 0.5) is 0 Å². The van der Waals surface area contributed by atoms with E-state index < -0.39 is 14.9 Å². The fraction of sp³-hybridized carbons (Fsp3) is 0.160. The summed E-state index contributed by atoms with van der Waals surface area (Å²) in [5.74, 6) is 0. The molecule has 0 amide bonds. The van der Waals surface area contributed by atoms with E-state index in [1.807, 2.05) is 54.7 Å². The molecule has 3 aromatic heterocycles. The molecule has 1 radical (unpaired) electrons. The van der Waals surface area contributed by atoms with Crippen LogP contribution in [0.15, 0.2) is 144 Å². The zero-order valence-corrected chi connectivity index (χ0v) is 35.3. The third kappa shape index (κ3) is 7.70. The summed E-state index contributed by atoms with van der Waals surface area (Å²) < 4.78 is 30.0. The van der Waals surface area contributed by atoms with Crippen LogP contribution in [0.25, 0.3) is 77.1 Å². The molecular weight excluding hydrogens is 865 g/mol. The number of rotatable bonds is 4. The molecule has 0 aliphatic heterocycles. The van der Waals surface area contributed by atoms with Gasteiger partial charge in [0.05, 0.1) is 13.7 Å². The molecule has 0 saturated carbocycles. The largest absolute Gasteiger partial charge is 0.501 e. The molecule has 0 fully saturated rings. The van der Waals surface area contributed by atoms with Gasteiger partial charge in [-0.15, -0.1) is 47.5 Å². The number of furan rings is 1. The van der Waals surface area contributed by atoms with E-state index in [4.69, 9.17) is 8.53 Å². The molecule has 0 unspecified atom stereocenters. The van der Waals surface area contributed by atoms with Crippen molar-refractivity contribution < 1.29 is 28.6 Å². The molecule has 5 heteroatoms. The summed E-state index contributed by atoms with van der Waals surface area (Å²) in [4.78, 5) is 9.15. The first kappa shape index (κ1) is 34.3. The van der Waals surface area contributed by atoms with E-state index in [9.17, 15) is 0 Å². The molecule has 0 aliphatic rings. The Balaban J connectivity index is 0.000000177. The van der Waals surface area contributed by atoms with E-state index in [2.05, 4.69) is 135 Å². The molecule has 6 aromatic carbocycles. The Hall–Kier alpha value is -5.19. The monoisotopic (exact) mass is 912 g/mol. The van der Waals surface area contributed by atoms with Gasteiger partial charge in [-0.05, 0) is 73.7 Å². The fourth-order valence-corrected chi connectivity index (χ4v) is 8.15. The van der Waals surface area contributed by atoms with Gasteiger partial charge in [0.2, 0.25) is 0 Å². The summed E-state index contributed by atoms with van der Waals surface area (Å²) in [6, 6.07) is 49.4.